The third-order valence-electron chi connectivity index (χ3n) is 3.25. The predicted octanol–water partition coefficient (Wildman–Crippen LogP) is 3.14. The molecule has 0 saturated heterocycles. The van der Waals surface area contributed by atoms with Crippen LogP contribution in [0, 0.1) is 13.8 Å². The summed E-state index contributed by atoms with van der Waals surface area (Å²) in [5, 5.41) is 0. The zero-order valence-corrected chi connectivity index (χ0v) is 13.3. The van der Waals surface area contributed by atoms with Crippen LogP contribution in [0.2, 0.25) is 0 Å². The van der Waals surface area contributed by atoms with E-state index >= 15 is 0 Å². The van der Waals surface area contributed by atoms with Crippen LogP contribution in [0.4, 0.5) is 0 Å². The quantitative estimate of drug-likeness (QED) is 0.820. The normalized spacial score (nSPS) is 10.0. The highest BCUT2D eigenvalue weighted by atomic mass is 79.9. The Labute approximate surface area is 131 Å². The second-order valence-corrected chi connectivity index (χ2v) is 5.58. The molecule has 2 aromatic rings. The summed E-state index contributed by atoms with van der Waals surface area (Å²) in [5.74, 6) is -0.692. The van der Waals surface area contributed by atoms with Crippen LogP contribution in [0.15, 0.2) is 46.9 Å². The number of hydrogen-bond donors (Lipinski definition) is 2. The van der Waals surface area contributed by atoms with Crippen molar-refractivity contribution in [3.63, 3.8) is 0 Å². The van der Waals surface area contributed by atoms with E-state index in [1.54, 1.807) is 30.3 Å². The Hall–Kier alpha value is -2.14. The van der Waals surface area contributed by atoms with Crippen LogP contribution in [0.5, 0.6) is 0 Å². The molecule has 0 bridgehead atoms. The maximum atomic E-state index is 12.1. The summed E-state index contributed by atoms with van der Waals surface area (Å²) in [5.41, 5.74) is 7.78. The molecule has 0 unspecified atom stereocenters. The first kappa shape index (κ1) is 15.3. The first-order valence-electron chi connectivity index (χ1n) is 6.41. The molecular weight excluding hydrogens is 332 g/mol. The van der Waals surface area contributed by atoms with Gasteiger partial charge in [0.05, 0.1) is 0 Å². The monoisotopic (exact) mass is 346 g/mol. The highest BCUT2D eigenvalue weighted by molar-refractivity contribution is 9.10. The van der Waals surface area contributed by atoms with Crippen LogP contribution in [-0.4, -0.2) is 11.8 Å². The van der Waals surface area contributed by atoms with Crippen LogP contribution >= 0.6 is 15.9 Å². The van der Waals surface area contributed by atoms with Crippen LogP contribution in [0.25, 0.3) is 0 Å². The van der Waals surface area contributed by atoms with Crippen molar-refractivity contribution in [2.45, 2.75) is 13.8 Å². The molecule has 21 heavy (non-hydrogen) atoms. The summed E-state index contributed by atoms with van der Waals surface area (Å²) in [6.45, 7) is 3.81. The van der Waals surface area contributed by atoms with Crippen LogP contribution in [0.3, 0.4) is 0 Å². The van der Waals surface area contributed by atoms with Gasteiger partial charge in [0.15, 0.2) is 0 Å². The largest absolute Gasteiger partial charge is 0.269 e. The average molecular weight is 347 g/mol. The topological polar surface area (TPSA) is 58.2 Å². The molecule has 0 aliphatic rings. The Morgan fingerprint density at radius 2 is 1.52 bits per heavy atom. The fraction of sp³-hybridized carbons (Fsp3) is 0.125. The van der Waals surface area contributed by atoms with E-state index in [9.17, 15) is 9.59 Å². The lowest BCUT2D eigenvalue weighted by Crippen LogP contribution is -2.41. The zero-order chi connectivity index (χ0) is 15.4. The van der Waals surface area contributed by atoms with Gasteiger partial charge in [0.2, 0.25) is 0 Å². The molecule has 0 spiro atoms. The van der Waals surface area contributed by atoms with Gasteiger partial charge in [-0.2, -0.15) is 0 Å². The lowest BCUT2D eigenvalue weighted by Gasteiger charge is -2.10. The Morgan fingerprint density at radius 3 is 2.19 bits per heavy atom. The number of aryl methyl sites for hydroxylation is 1. The van der Waals surface area contributed by atoms with Crippen molar-refractivity contribution in [2.75, 3.05) is 0 Å². The van der Waals surface area contributed by atoms with Crippen LogP contribution < -0.4 is 10.9 Å². The van der Waals surface area contributed by atoms with E-state index in [1.165, 1.54) is 0 Å². The van der Waals surface area contributed by atoms with Crippen molar-refractivity contribution < 1.29 is 9.59 Å². The third kappa shape index (κ3) is 3.70. The van der Waals surface area contributed by atoms with E-state index < -0.39 is 0 Å². The molecule has 108 valence electrons. The minimum atomic E-state index is -0.360. The fourth-order valence-corrected chi connectivity index (χ4v) is 2.12. The van der Waals surface area contributed by atoms with Crippen molar-refractivity contribution >= 4 is 27.7 Å². The Balaban J connectivity index is 2.02. The molecule has 0 aromatic heterocycles. The first-order chi connectivity index (χ1) is 9.99. The van der Waals surface area contributed by atoms with Crippen molar-refractivity contribution in [3.8, 4) is 0 Å². The van der Waals surface area contributed by atoms with Gasteiger partial charge < -0.3 is 0 Å². The van der Waals surface area contributed by atoms with E-state index in [-0.39, 0.29) is 11.8 Å². The summed E-state index contributed by atoms with van der Waals surface area (Å²) < 4.78 is 0.887. The highest BCUT2D eigenvalue weighted by Crippen LogP contribution is 2.12. The Bertz CT molecular complexity index is 681. The van der Waals surface area contributed by atoms with Crippen molar-refractivity contribution in [3.05, 3.63) is 69.2 Å². The molecule has 2 amide bonds. The van der Waals surface area contributed by atoms with Gasteiger partial charge in [0.25, 0.3) is 11.8 Å². The average Bonchev–Trinajstić information content (AvgIpc) is 2.48. The molecular formula is C16H15BrN2O2. The van der Waals surface area contributed by atoms with Gasteiger partial charge in [-0.25, -0.2) is 0 Å². The second-order valence-electron chi connectivity index (χ2n) is 4.66. The number of halogens is 1. The molecule has 0 atom stereocenters. The summed E-state index contributed by atoms with van der Waals surface area (Å²) in [6, 6.07) is 12.3. The second kappa shape index (κ2) is 6.54. The maximum Gasteiger partial charge on any atom is 0.269 e. The maximum absolute atomic E-state index is 12.1. The fourth-order valence-electron chi connectivity index (χ4n) is 1.85. The number of amides is 2. The lowest BCUT2D eigenvalue weighted by atomic mass is 10.0. The van der Waals surface area contributed by atoms with Gasteiger partial charge >= 0.3 is 0 Å². The van der Waals surface area contributed by atoms with E-state index in [1.807, 2.05) is 26.0 Å². The summed E-state index contributed by atoms with van der Waals surface area (Å²) in [7, 11) is 0. The van der Waals surface area contributed by atoms with Crippen molar-refractivity contribution in [2.24, 2.45) is 0 Å². The Morgan fingerprint density at radius 1 is 0.905 bits per heavy atom. The van der Waals surface area contributed by atoms with Gasteiger partial charge in [-0.1, -0.05) is 28.1 Å². The standard InChI is InChI=1S/C16H15BrN2O2/c1-10-4-3-5-14(11(10)2)16(21)19-18-15(20)12-6-8-13(17)9-7-12/h3-9H,1-2H3,(H,18,20)(H,19,21). The van der Waals surface area contributed by atoms with E-state index in [0.717, 1.165) is 15.6 Å². The number of carbonyl (C=O) groups is 2. The minimum absolute atomic E-state index is 0.332. The summed E-state index contributed by atoms with van der Waals surface area (Å²) in [4.78, 5) is 24.0. The molecule has 5 heteroatoms. The first-order valence-corrected chi connectivity index (χ1v) is 7.21. The molecule has 2 aromatic carbocycles. The lowest BCUT2D eigenvalue weighted by molar-refractivity contribution is 0.0846. The molecule has 4 nitrogen and oxygen atoms in total. The van der Waals surface area contributed by atoms with Crippen molar-refractivity contribution in [1.82, 2.24) is 10.9 Å². The minimum Gasteiger partial charge on any atom is -0.267 e. The SMILES string of the molecule is Cc1cccc(C(=O)NNC(=O)c2ccc(Br)cc2)c1C. The molecule has 2 rings (SSSR count). The molecule has 2 N–H and O–H groups in total. The molecule has 0 fully saturated rings. The van der Waals surface area contributed by atoms with E-state index in [4.69, 9.17) is 0 Å². The number of nitrogens with one attached hydrogen (secondary N) is 2. The number of benzene rings is 2. The highest BCUT2D eigenvalue weighted by Gasteiger charge is 2.11. The number of carbonyl (C=O) groups excluding carboxylic acids is 2. The van der Waals surface area contributed by atoms with Gasteiger partial charge in [-0.05, 0) is 55.3 Å². The van der Waals surface area contributed by atoms with Gasteiger partial charge in [0, 0.05) is 15.6 Å². The number of hydrazine groups is 1. The van der Waals surface area contributed by atoms with E-state index in [2.05, 4.69) is 26.8 Å². The van der Waals surface area contributed by atoms with Gasteiger partial charge in [-0.15, -0.1) is 0 Å². The molecule has 0 aliphatic heterocycles. The predicted molar refractivity (Wildman–Crippen MR) is 85.0 cm³/mol. The molecule has 0 aliphatic carbocycles. The summed E-state index contributed by atoms with van der Waals surface area (Å²) >= 11 is 3.30. The van der Waals surface area contributed by atoms with Crippen LogP contribution in [-0.2, 0) is 0 Å². The molecule has 0 saturated carbocycles. The Kier molecular flexibility index (Phi) is 4.75. The molecule has 0 radical (unpaired) electrons. The third-order valence-corrected chi connectivity index (χ3v) is 3.77. The van der Waals surface area contributed by atoms with Gasteiger partial charge in [-0.3, -0.25) is 20.4 Å². The zero-order valence-electron chi connectivity index (χ0n) is 11.7. The van der Waals surface area contributed by atoms with Gasteiger partial charge in [0.1, 0.15) is 0 Å². The smallest absolute Gasteiger partial charge is 0.267 e. The number of hydrogen-bond acceptors (Lipinski definition) is 2. The molecule has 0 heterocycles. The van der Waals surface area contributed by atoms with E-state index in [0.29, 0.717) is 11.1 Å². The summed E-state index contributed by atoms with van der Waals surface area (Å²) in [6.07, 6.45) is 0. The number of rotatable bonds is 2. The van der Waals surface area contributed by atoms with Crippen molar-refractivity contribution in [1.29, 1.82) is 0 Å². The van der Waals surface area contributed by atoms with Crippen LogP contribution in [0.1, 0.15) is 31.8 Å².